The minimum Gasteiger partial charge on any atom is -0.504 e. The molecule has 1 aliphatic heterocycles. The highest BCUT2D eigenvalue weighted by Gasteiger charge is 2.49. The Kier molecular flexibility index (Phi) is 6.27. The number of nitrogens with zero attached hydrogens (tertiary/aromatic N) is 1. The minimum absolute atomic E-state index is 0.0221. The Balaban J connectivity index is 1.91. The first kappa shape index (κ1) is 20.0. The SMILES string of the molecule is CCCNC(=O)CN1CC[C@]2(O)CCCC[C@@H]2[C@H]1c1ccc(O)c(OC)c1. The third kappa shape index (κ3) is 4.22. The molecule has 3 atom stereocenters. The van der Waals surface area contributed by atoms with Gasteiger partial charge in [-0.2, -0.15) is 0 Å². The van der Waals surface area contributed by atoms with Crippen molar-refractivity contribution in [3.8, 4) is 11.5 Å². The maximum absolute atomic E-state index is 12.4. The van der Waals surface area contributed by atoms with E-state index < -0.39 is 5.60 Å². The second-order valence-corrected chi connectivity index (χ2v) is 7.90. The molecule has 0 bridgehead atoms. The van der Waals surface area contributed by atoms with Gasteiger partial charge in [0.15, 0.2) is 11.5 Å². The number of rotatable bonds is 6. The Morgan fingerprint density at radius 2 is 2.19 bits per heavy atom. The number of aromatic hydroxyl groups is 1. The summed E-state index contributed by atoms with van der Waals surface area (Å²) in [4.78, 5) is 14.6. The number of aliphatic hydroxyl groups is 1. The first-order valence-corrected chi connectivity index (χ1v) is 10.1. The first-order valence-electron chi connectivity index (χ1n) is 10.1. The normalized spacial score (nSPS) is 28.4. The van der Waals surface area contributed by atoms with Crippen LogP contribution in [0.1, 0.15) is 57.1 Å². The average Bonchev–Trinajstić information content (AvgIpc) is 2.67. The molecule has 150 valence electrons. The Morgan fingerprint density at radius 3 is 2.93 bits per heavy atom. The molecule has 0 radical (unpaired) electrons. The molecule has 1 aliphatic carbocycles. The molecule has 1 saturated heterocycles. The molecule has 1 aromatic carbocycles. The van der Waals surface area contributed by atoms with E-state index >= 15 is 0 Å². The molecule has 1 amide bonds. The number of carbonyl (C=O) groups excluding carboxylic acids is 1. The van der Waals surface area contributed by atoms with Crippen LogP contribution in [0.3, 0.4) is 0 Å². The van der Waals surface area contributed by atoms with Crippen LogP contribution in [0.5, 0.6) is 11.5 Å². The predicted molar refractivity (Wildman–Crippen MR) is 104 cm³/mol. The maximum Gasteiger partial charge on any atom is 0.234 e. The second-order valence-electron chi connectivity index (χ2n) is 7.90. The number of piperidine rings is 1. The fraction of sp³-hybridized carbons (Fsp3) is 0.667. The molecule has 6 nitrogen and oxygen atoms in total. The van der Waals surface area contributed by atoms with Gasteiger partial charge in [-0.25, -0.2) is 0 Å². The number of amides is 1. The van der Waals surface area contributed by atoms with Crippen molar-refractivity contribution >= 4 is 5.91 Å². The van der Waals surface area contributed by atoms with E-state index in [1.165, 1.54) is 7.11 Å². The number of ether oxygens (including phenoxy) is 1. The summed E-state index contributed by atoms with van der Waals surface area (Å²) >= 11 is 0. The Morgan fingerprint density at radius 1 is 1.37 bits per heavy atom. The van der Waals surface area contributed by atoms with Crippen molar-refractivity contribution in [1.29, 1.82) is 0 Å². The van der Waals surface area contributed by atoms with Gasteiger partial charge < -0.3 is 20.3 Å². The molecular formula is C21H32N2O4. The third-order valence-corrected chi connectivity index (χ3v) is 6.14. The Hall–Kier alpha value is -1.79. The summed E-state index contributed by atoms with van der Waals surface area (Å²) in [7, 11) is 1.53. The Bertz CT molecular complexity index is 666. The fourth-order valence-electron chi connectivity index (χ4n) is 4.75. The summed E-state index contributed by atoms with van der Waals surface area (Å²) < 4.78 is 5.30. The number of phenolic OH excluding ortho intramolecular Hbond substituents is 1. The summed E-state index contributed by atoms with van der Waals surface area (Å²) in [6.45, 7) is 3.72. The van der Waals surface area contributed by atoms with Crippen LogP contribution in [0.2, 0.25) is 0 Å². The van der Waals surface area contributed by atoms with Crippen molar-refractivity contribution in [3.05, 3.63) is 23.8 Å². The molecule has 27 heavy (non-hydrogen) atoms. The molecule has 0 unspecified atom stereocenters. The number of benzene rings is 1. The molecule has 1 aromatic rings. The summed E-state index contributed by atoms with van der Waals surface area (Å²) in [5.41, 5.74) is 0.308. The maximum atomic E-state index is 12.4. The lowest BCUT2D eigenvalue weighted by molar-refractivity contribution is -0.137. The summed E-state index contributed by atoms with van der Waals surface area (Å²) in [5.74, 6) is 0.623. The van der Waals surface area contributed by atoms with Gasteiger partial charge in [0.1, 0.15) is 0 Å². The van der Waals surface area contributed by atoms with E-state index in [9.17, 15) is 15.0 Å². The highest BCUT2D eigenvalue weighted by molar-refractivity contribution is 5.78. The quantitative estimate of drug-likeness (QED) is 0.711. The lowest BCUT2D eigenvalue weighted by atomic mass is 9.66. The number of hydrogen-bond acceptors (Lipinski definition) is 5. The van der Waals surface area contributed by atoms with Gasteiger partial charge in [0.2, 0.25) is 5.91 Å². The fourth-order valence-corrected chi connectivity index (χ4v) is 4.75. The van der Waals surface area contributed by atoms with E-state index in [1.807, 2.05) is 19.1 Å². The van der Waals surface area contributed by atoms with Crippen molar-refractivity contribution < 1.29 is 19.7 Å². The summed E-state index contributed by atoms with van der Waals surface area (Å²) in [6, 6.07) is 5.31. The van der Waals surface area contributed by atoms with E-state index in [-0.39, 0.29) is 23.6 Å². The number of likely N-dealkylation sites (tertiary alicyclic amines) is 1. The lowest BCUT2D eigenvalue weighted by Crippen LogP contribution is -2.56. The van der Waals surface area contributed by atoms with Crippen LogP contribution in [0.25, 0.3) is 0 Å². The lowest BCUT2D eigenvalue weighted by Gasteiger charge is -2.52. The van der Waals surface area contributed by atoms with Crippen LogP contribution in [-0.2, 0) is 4.79 Å². The monoisotopic (exact) mass is 376 g/mol. The topological polar surface area (TPSA) is 82.0 Å². The van der Waals surface area contributed by atoms with Crippen LogP contribution in [0, 0.1) is 5.92 Å². The smallest absolute Gasteiger partial charge is 0.234 e. The number of hydrogen-bond donors (Lipinski definition) is 3. The van der Waals surface area contributed by atoms with E-state index in [1.54, 1.807) is 6.07 Å². The average molecular weight is 376 g/mol. The van der Waals surface area contributed by atoms with Gasteiger partial charge in [-0.1, -0.05) is 25.8 Å². The Labute approximate surface area is 161 Å². The molecule has 1 saturated carbocycles. The van der Waals surface area contributed by atoms with Gasteiger partial charge in [0.25, 0.3) is 0 Å². The standard InChI is InChI=1S/C21H32N2O4/c1-3-11-22-19(25)14-23-12-10-21(26)9-5-4-6-16(21)20(23)15-7-8-17(24)18(13-15)27-2/h7-8,13,16,20,24,26H,3-6,9-12,14H2,1-2H3,(H,22,25)/t16-,20-,21-/m1/s1. The molecule has 1 heterocycles. The van der Waals surface area contributed by atoms with Gasteiger partial charge in [-0.3, -0.25) is 9.69 Å². The molecule has 2 aliphatic rings. The van der Waals surface area contributed by atoms with Crippen molar-refractivity contribution in [2.24, 2.45) is 5.92 Å². The van der Waals surface area contributed by atoms with Gasteiger partial charge in [-0.15, -0.1) is 0 Å². The van der Waals surface area contributed by atoms with E-state index in [0.717, 1.165) is 37.7 Å². The van der Waals surface area contributed by atoms with Crippen molar-refractivity contribution in [3.63, 3.8) is 0 Å². The van der Waals surface area contributed by atoms with Gasteiger partial charge in [0, 0.05) is 25.0 Å². The predicted octanol–water partition coefficient (Wildman–Crippen LogP) is 2.60. The highest BCUT2D eigenvalue weighted by Crippen LogP contribution is 2.49. The summed E-state index contributed by atoms with van der Waals surface area (Å²) in [6.07, 6.45) is 5.51. The van der Waals surface area contributed by atoms with Crippen molar-refractivity contribution in [2.75, 3.05) is 26.7 Å². The van der Waals surface area contributed by atoms with Crippen molar-refractivity contribution in [2.45, 2.75) is 57.1 Å². The third-order valence-electron chi connectivity index (χ3n) is 6.14. The molecule has 6 heteroatoms. The highest BCUT2D eigenvalue weighted by atomic mass is 16.5. The molecule has 2 fully saturated rings. The molecule has 3 N–H and O–H groups in total. The van der Waals surface area contributed by atoms with Gasteiger partial charge in [0.05, 0.1) is 19.3 Å². The van der Waals surface area contributed by atoms with E-state index in [4.69, 9.17) is 4.74 Å². The zero-order chi connectivity index (χ0) is 19.4. The second kappa shape index (κ2) is 8.48. The number of methoxy groups -OCH3 is 1. The van der Waals surface area contributed by atoms with Gasteiger partial charge in [-0.05, 0) is 43.4 Å². The molecule has 0 spiro atoms. The van der Waals surface area contributed by atoms with Gasteiger partial charge >= 0.3 is 0 Å². The minimum atomic E-state index is -0.676. The van der Waals surface area contributed by atoms with Crippen LogP contribution in [-0.4, -0.2) is 53.4 Å². The van der Waals surface area contributed by atoms with Crippen LogP contribution < -0.4 is 10.1 Å². The number of carbonyl (C=O) groups is 1. The van der Waals surface area contributed by atoms with Crippen LogP contribution in [0.4, 0.5) is 0 Å². The zero-order valence-corrected chi connectivity index (χ0v) is 16.4. The molecule has 3 rings (SSSR count). The number of fused-ring (bicyclic) bond motifs is 1. The largest absolute Gasteiger partial charge is 0.504 e. The van der Waals surface area contributed by atoms with E-state index in [0.29, 0.717) is 31.8 Å². The van der Waals surface area contributed by atoms with Crippen molar-refractivity contribution in [1.82, 2.24) is 10.2 Å². The molecule has 0 aromatic heterocycles. The first-order chi connectivity index (χ1) is 13.0. The molecular weight excluding hydrogens is 344 g/mol. The number of phenols is 1. The zero-order valence-electron chi connectivity index (χ0n) is 16.4. The van der Waals surface area contributed by atoms with Crippen LogP contribution >= 0.6 is 0 Å². The van der Waals surface area contributed by atoms with E-state index in [2.05, 4.69) is 10.2 Å². The van der Waals surface area contributed by atoms with Crippen LogP contribution in [0.15, 0.2) is 18.2 Å². The summed E-state index contributed by atoms with van der Waals surface area (Å²) in [5, 5.41) is 24.2. The number of nitrogens with one attached hydrogen (secondary N) is 1.